The van der Waals surface area contributed by atoms with Gasteiger partial charge in [0, 0.05) is 6.54 Å². The lowest BCUT2D eigenvalue weighted by Crippen LogP contribution is -2.29. The molecular formula is C8H16NO4PS. The normalized spacial score (nSPS) is 18.5. The first-order valence-corrected chi connectivity index (χ1v) is 6.94. The van der Waals surface area contributed by atoms with E-state index in [0.29, 0.717) is 12.5 Å². The van der Waals surface area contributed by atoms with Crippen molar-refractivity contribution < 1.29 is 18.9 Å². The van der Waals surface area contributed by atoms with Crippen LogP contribution in [-0.4, -0.2) is 21.5 Å². The summed E-state index contributed by atoms with van der Waals surface area (Å²) >= 11 is 4.65. The molecule has 0 heterocycles. The van der Waals surface area contributed by atoms with Gasteiger partial charge in [-0.05, 0) is 31.0 Å². The van der Waals surface area contributed by atoms with Crippen LogP contribution in [0.1, 0.15) is 32.1 Å². The lowest BCUT2D eigenvalue weighted by atomic mass is 9.89. The summed E-state index contributed by atoms with van der Waals surface area (Å²) in [5.74, 6) is 0.539. The van der Waals surface area contributed by atoms with Crippen LogP contribution in [0.5, 0.6) is 0 Å². The minimum absolute atomic E-state index is 0.214. The van der Waals surface area contributed by atoms with E-state index in [-0.39, 0.29) is 5.17 Å². The van der Waals surface area contributed by atoms with Crippen molar-refractivity contribution in [2.75, 3.05) is 6.54 Å². The van der Waals surface area contributed by atoms with Gasteiger partial charge in [-0.15, -0.1) is 0 Å². The molecule has 0 aliphatic heterocycles. The van der Waals surface area contributed by atoms with Crippen molar-refractivity contribution in [3.8, 4) is 0 Å². The van der Waals surface area contributed by atoms with E-state index in [1.54, 1.807) is 0 Å². The second-order valence-electron chi connectivity index (χ2n) is 3.75. The average Bonchev–Trinajstić information content (AvgIpc) is 2.14. The predicted molar refractivity (Wildman–Crippen MR) is 60.3 cm³/mol. The molecule has 0 unspecified atom stereocenters. The molecule has 3 N–H and O–H groups in total. The van der Waals surface area contributed by atoms with Crippen molar-refractivity contribution in [2.24, 2.45) is 5.92 Å². The van der Waals surface area contributed by atoms with Crippen molar-refractivity contribution in [3.63, 3.8) is 0 Å². The Kier molecular flexibility index (Phi) is 4.99. The Labute approximate surface area is 94.4 Å². The van der Waals surface area contributed by atoms with Crippen LogP contribution in [0.25, 0.3) is 0 Å². The van der Waals surface area contributed by atoms with Crippen LogP contribution < -0.4 is 5.32 Å². The lowest BCUT2D eigenvalue weighted by molar-refractivity contribution is 0.274. The van der Waals surface area contributed by atoms with Crippen LogP contribution in [0, 0.1) is 5.92 Å². The Morgan fingerprint density at radius 3 is 2.53 bits per heavy atom. The molecule has 0 amide bonds. The molecule has 88 valence electrons. The summed E-state index contributed by atoms with van der Waals surface area (Å²) in [6.45, 7) is 0.638. The van der Waals surface area contributed by atoms with Crippen molar-refractivity contribution >= 4 is 25.2 Å². The molecule has 0 spiro atoms. The summed E-state index contributed by atoms with van der Waals surface area (Å²) < 4.78 is 14.7. The van der Waals surface area contributed by atoms with Gasteiger partial charge in [-0.2, -0.15) is 0 Å². The maximum Gasteiger partial charge on any atom is 0.526 e. The van der Waals surface area contributed by atoms with E-state index < -0.39 is 7.82 Å². The fourth-order valence-corrected chi connectivity index (χ4v) is 2.41. The molecule has 1 aliphatic rings. The summed E-state index contributed by atoms with van der Waals surface area (Å²) in [5, 5.41) is 2.51. The smallest absolute Gasteiger partial charge is 0.377 e. The van der Waals surface area contributed by atoms with Gasteiger partial charge >= 0.3 is 7.82 Å². The highest BCUT2D eigenvalue weighted by Crippen LogP contribution is 2.35. The summed E-state index contributed by atoms with van der Waals surface area (Å²) in [6.07, 6.45) is 6.01. The highest BCUT2D eigenvalue weighted by molar-refractivity contribution is 7.80. The molecule has 0 radical (unpaired) electrons. The number of nitrogens with one attached hydrogen (secondary N) is 1. The standard InChI is InChI=1S/C8H16NO4PS/c10-14(11,12)13-8(15)9-6-7-4-2-1-3-5-7/h7H,1-6H2,(H,9,15)(H2,10,11,12). The van der Waals surface area contributed by atoms with Gasteiger partial charge in [0.25, 0.3) is 5.17 Å². The van der Waals surface area contributed by atoms with Crippen LogP contribution in [0.3, 0.4) is 0 Å². The van der Waals surface area contributed by atoms with E-state index in [9.17, 15) is 4.57 Å². The summed E-state index contributed by atoms with van der Waals surface area (Å²) in [5.41, 5.74) is 0. The van der Waals surface area contributed by atoms with E-state index in [2.05, 4.69) is 22.1 Å². The van der Waals surface area contributed by atoms with Crippen LogP contribution >= 0.6 is 20.0 Å². The third-order valence-electron chi connectivity index (χ3n) is 2.46. The second-order valence-corrected chi connectivity index (χ2v) is 5.29. The van der Waals surface area contributed by atoms with Gasteiger partial charge in [0.2, 0.25) is 0 Å². The van der Waals surface area contributed by atoms with Gasteiger partial charge < -0.3 is 9.84 Å². The van der Waals surface area contributed by atoms with Gasteiger partial charge in [0.15, 0.2) is 0 Å². The van der Waals surface area contributed by atoms with E-state index in [4.69, 9.17) is 9.79 Å². The van der Waals surface area contributed by atoms with Gasteiger partial charge in [0.05, 0.1) is 0 Å². The zero-order valence-electron chi connectivity index (χ0n) is 8.39. The zero-order valence-corrected chi connectivity index (χ0v) is 10.1. The Bertz CT molecular complexity index is 261. The number of phosphoric acid groups is 1. The minimum atomic E-state index is -4.50. The van der Waals surface area contributed by atoms with Crippen molar-refractivity contribution in [3.05, 3.63) is 0 Å². The van der Waals surface area contributed by atoms with E-state index in [1.165, 1.54) is 19.3 Å². The summed E-state index contributed by atoms with van der Waals surface area (Å²) in [4.78, 5) is 17.0. The minimum Gasteiger partial charge on any atom is -0.377 e. The van der Waals surface area contributed by atoms with E-state index >= 15 is 0 Å². The second kappa shape index (κ2) is 5.80. The maximum absolute atomic E-state index is 10.4. The zero-order chi connectivity index (χ0) is 11.3. The van der Waals surface area contributed by atoms with Crippen LogP contribution in [0.15, 0.2) is 0 Å². The number of hydrogen-bond donors (Lipinski definition) is 3. The van der Waals surface area contributed by atoms with Crippen LogP contribution in [0.2, 0.25) is 0 Å². The quantitative estimate of drug-likeness (QED) is 0.523. The molecular weight excluding hydrogens is 237 g/mol. The highest BCUT2D eigenvalue weighted by atomic mass is 32.1. The van der Waals surface area contributed by atoms with Gasteiger partial charge in [0.1, 0.15) is 0 Å². The monoisotopic (exact) mass is 253 g/mol. The third kappa shape index (κ3) is 6.10. The molecule has 1 aliphatic carbocycles. The first kappa shape index (κ1) is 12.9. The highest BCUT2D eigenvalue weighted by Gasteiger charge is 2.19. The number of hydrogen-bond acceptors (Lipinski definition) is 3. The first-order valence-electron chi connectivity index (χ1n) is 5.00. The molecule has 1 rings (SSSR count). The molecule has 5 nitrogen and oxygen atoms in total. The Hall–Kier alpha value is -0.160. The summed E-state index contributed by atoms with van der Waals surface area (Å²) in [7, 11) is -4.50. The van der Waals surface area contributed by atoms with E-state index in [1.807, 2.05) is 0 Å². The fraction of sp³-hybridized carbons (Fsp3) is 0.875. The average molecular weight is 253 g/mol. The molecule has 15 heavy (non-hydrogen) atoms. The maximum atomic E-state index is 10.4. The molecule has 1 saturated carbocycles. The molecule has 0 aromatic carbocycles. The topological polar surface area (TPSA) is 78.8 Å². The summed E-state index contributed by atoms with van der Waals surface area (Å²) in [6, 6.07) is 0. The van der Waals surface area contributed by atoms with Gasteiger partial charge in [-0.25, -0.2) is 4.57 Å². The Morgan fingerprint density at radius 1 is 1.40 bits per heavy atom. The van der Waals surface area contributed by atoms with Crippen LogP contribution in [0.4, 0.5) is 0 Å². The molecule has 7 heteroatoms. The molecule has 0 bridgehead atoms. The Morgan fingerprint density at radius 2 is 2.00 bits per heavy atom. The number of rotatable bonds is 3. The third-order valence-corrected chi connectivity index (χ3v) is 3.23. The SMILES string of the molecule is O=P(O)(O)OC(=S)NCC1CCCCC1. The molecule has 0 aromatic rings. The number of thiocarbonyl (C=S) groups is 1. The largest absolute Gasteiger partial charge is 0.526 e. The van der Waals surface area contributed by atoms with Gasteiger partial charge in [-0.1, -0.05) is 19.3 Å². The lowest BCUT2D eigenvalue weighted by Gasteiger charge is -2.22. The molecule has 1 fully saturated rings. The molecule has 0 aromatic heterocycles. The van der Waals surface area contributed by atoms with Crippen molar-refractivity contribution in [1.29, 1.82) is 0 Å². The van der Waals surface area contributed by atoms with Crippen LogP contribution in [-0.2, 0) is 9.09 Å². The van der Waals surface area contributed by atoms with Gasteiger partial charge in [-0.3, -0.25) is 9.79 Å². The first-order chi connectivity index (χ1) is 6.97. The van der Waals surface area contributed by atoms with Crippen molar-refractivity contribution in [2.45, 2.75) is 32.1 Å². The Balaban J connectivity index is 2.18. The molecule has 0 saturated heterocycles. The van der Waals surface area contributed by atoms with E-state index in [0.717, 1.165) is 12.8 Å². The number of phosphoric ester groups is 1. The molecule has 0 atom stereocenters. The van der Waals surface area contributed by atoms with Crippen molar-refractivity contribution in [1.82, 2.24) is 5.32 Å². The fourth-order valence-electron chi connectivity index (χ4n) is 1.76. The predicted octanol–water partition coefficient (Wildman–Crippen LogP) is 1.55.